The van der Waals surface area contributed by atoms with Gasteiger partial charge in [0.2, 0.25) is 0 Å². The molecular formula is C27H34N2O. The second-order valence-electron chi connectivity index (χ2n) is 8.02. The van der Waals surface area contributed by atoms with E-state index in [1.807, 2.05) is 60.7 Å². The molecule has 1 heterocycles. The van der Waals surface area contributed by atoms with Gasteiger partial charge in [-0.1, -0.05) is 107 Å². The highest BCUT2D eigenvalue weighted by Crippen LogP contribution is 2.24. The Kier molecular flexibility index (Phi) is 8.89. The Hall–Kier alpha value is -2.68. The van der Waals surface area contributed by atoms with Crippen molar-refractivity contribution in [3.63, 3.8) is 0 Å². The van der Waals surface area contributed by atoms with Gasteiger partial charge in [0.1, 0.15) is 0 Å². The van der Waals surface area contributed by atoms with Crippen LogP contribution in [0, 0.1) is 0 Å². The lowest BCUT2D eigenvalue weighted by molar-refractivity contribution is 0.0954. The highest BCUT2D eigenvalue weighted by Gasteiger charge is 2.13. The molecule has 3 heteroatoms. The zero-order valence-corrected chi connectivity index (χ0v) is 18.2. The number of benzene rings is 2. The second-order valence-corrected chi connectivity index (χ2v) is 8.02. The van der Waals surface area contributed by atoms with Gasteiger partial charge >= 0.3 is 0 Å². The molecule has 158 valence electrons. The average Bonchev–Trinajstić information content (AvgIpc) is 2.80. The van der Waals surface area contributed by atoms with Crippen molar-refractivity contribution in [2.75, 3.05) is 6.54 Å². The minimum atomic E-state index is -0.00894. The quantitative estimate of drug-likeness (QED) is 0.326. The van der Waals surface area contributed by atoms with Crippen molar-refractivity contribution in [1.29, 1.82) is 0 Å². The first-order chi connectivity index (χ1) is 14.8. The smallest absolute Gasteiger partial charge is 0.252 e. The van der Waals surface area contributed by atoms with Crippen LogP contribution in [0.5, 0.6) is 0 Å². The molecule has 0 aliphatic heterocycles. The fourth-order valence-corrected chi connectivity index (χ4v) is 3.85. The van der Waals surface area contributed by atoms with Crippen molar-refractivity contribution in [2.45, 2.75) is 64.7 Å². The van der Waals surface area contributed by atoms with Crippen LogP contribution in [0.4, 0.5) is 0 Å². The van der Waals surface area contributed by atoms with Gasteiger partial charge in [0.25, 0.3) is 5.91 Å². The number of amides is 1. The van der Waals surface area contributed by atoms with Crippen molar-refractivity contribution >= 4 is 16.8 Å². The molecule has 0 unspecified atom stereocenters. The molecule has 1 amide bonds. The molecule has 3 nitrogen and oxygen atoms in total. The number of nitrogens with one attached hydrogen (secondary N) is 1. The number of pyridine rings is 1. The summed E-state index contributed by atoms with van der Waals surface area (Å²) in [5, 5.41) is 4.03. The van der Waals surface area contributed by atoms with E-state index in [0.717, 1.165) is 35.1 Å². The Morgan fingerprint density at radius 1 is 0.800 bits per heavy atom. The van der Waals surface area contributed by atoms with Gasteiger partial charge in [-0.2, -0.15) is 0 Å². The maximum atomic E-state index is 12.9. The molecule has 0 aliphatic rings. The summed E-state index contributed by atoms with van der Waals surface area (Å²) in [4.78, 5) is 17.7. The van der Waals surface area contributed by atoms with E-state index < -0.39 is 0 Å². The number of carbonyl (C=O) groups excluding carboxylic acids is 1. The topological polar surface area (TPSA) is 42.0 Å². The first-order valence-corrected chi connectivity index (χ1v) is 11.5. The molecule has 0 radical (unpaired) electrons. The summed E-state index contributed by atoms with van der Waals surface area (Å²) in [6.07, 6.45) is 11.5. The number of hydrogen-bond donors (Lipinski definition) is 1. The Bertz CT molecular complexity index is 921. The zero-order valence-electron chi connectivity index (χ0n) is 18.2. The Labute approximate surface area is 180 Å². The van der Waals surface area contributed by atoms with E-state index in [-0.39, 0.29) is 5.91 Å². The Balaban J connectivity index is 1.55. The summed E-state index contributed by atoms with van der Waals surface area (Å²) in [5.74, 6) is -0.00894. The molecular weight excluding hydrogens is 368 g/mol. The lowest BCUT2D eigenvalue weighted by Gasteiger charge is -2.11. The third kappa shape index (κ3) is 6.41. The van der Waals surface area contributed by atoms with Gasteiger partial charge in [0, 0.05) is 17.5 Å². The first kappa shape index (κ1) is 22.0. The fourth-order valence-electron chi connectivity index (χ4n) is 3.85. The second kappa shape index (κ2) is 12.1. The maximum Gasteiger partial charge on any atom is 0.252 e. The molecule has 2 aromatic carbocycles. The van der Waals surface area contributed by atoms with Crippen molar-refractivity contribution in [3.8, 4) is 11.3 Å². The van der Waals surface area contributed by atoms with E-state index in [4.69, 9.17) is 4.98 Å². The third-order valence-corrected chi connectivity index (χ3v) is 5.60. The average molecular weight is 403 g/mol. The number of para-hydroxylation sites is 1. The van der Waals surface area contributed by atoms with Crippen molar-refractivity contribution < 1.29 is 4.79 Å². The van der Waals surface area contributed by atoms with Crippen molar-refractivity contribution in [3.05, 3.63) is 66.2 Å². The summed E-state index contributed by atoms with van der Waals surface area (Å²) >= 11 is 0. The third-order valence-electron chi connectivity index (χ3n) is 5.60. The van der Waals surface area contributed by atoms with Crippen LogP contribution in [0.25, 0.3) is 22.2 Å². The van der Waals surface area contributed by atoms with Crippen LogP contribution in [0.3, 0.4) is 0 Å². The molecule has 3 aromatic rings. The van der Waals surface area contributed by atoms with Gasteiger partial charge in [0.05, 0.1) is 16.8 Å². The maximum absolute atomic E-state index is 12.9. The molecule has 0 atom stereocenters. The lowest BCUT2D eigenvalue weighted by atomic mass is 10.0. The highest BCUT2D eigenvalue weighted by molar-refractivity contribution is 6.07. The van der Waals surface area contributed by atoms with Gasteiger partial charge in [-0.05, 0) is 18.6 Å². The van der Waals surface area contributed by atoms with E-state index >= 15 is 0 Å². The molecule has 0 spiro atoms. The Morgan fingerprint density at radius 3 is 2.17 bits per heavy atom. The van der Waals surface area contributed by atoms with Crippen LogP contribution in [0.1, 0.15) is 75.1 Å². The lowest BCUT2D eigenvalue weighted by Crippen LogP contribution is -2.24. The summed E-state index contributed by atoms with van der Waals surface area (Å²) in [6.45, 7) is 2.98. The van der Waals surface area contributed by atoms with E-state index in [0.29, 0.717) is 5.56 Å². The normalized spacial score (nSPS) is 11.0. The van der Waals surface area contributed by atoms with Gasteiger partial charge in [-0.3, -0.25) is 4.79 Å². The monoisotopic (exact) mass is 402 g/mol. The molecule has 0 saturated heterocycles. The molecule has 0 aliphatic carbocycles. The highest BCUT2D eigenvalue weighted by atomic mass is 16.1. The first-order valence-electron chi connectivity index (χ1n) is 11.5. The van der Waals surface area contributed by atoms with Gasteiger partial charge in [-0.25, -0.2) is 4.98 Å². The molecule has 0 saturated carbocycles. The predicted octanol–water partition coefficient (Wildman–Crippen LogP) is 7.16. The van der Waals surface area contributed by atoms with Crippen molar-refractivity contribution in [1.82, 2.24) is 10.3 Å². The molecule has 30 heavy (non-hydrogen) atoms. The van der Waals surface area contributed by atoms with E-state index in [1.54, 1.807) is 0 Å². The Morgan fingerprint density at radius 2 is 1.43 bits per heavy atom. The number of rotatable bonds is 12. The fraction of sp³-hybridized carbons (Fsp3) is 0.407. The number of unbranched alkanes of at least 4 members (excludes halogenated alkanes) is 8. The summed E-state index contributed by atoms with van der Waals surface area (Å²) in [7, 11) is 0. The van der Waals surface area contributed by atoms with Crippen LogP contribution >= 0.6 is 0 Å². The van der Waals surface area contributed by atoms with E-state index in [1.165, 1.54) is 51.4 Å². The number of hydrogen-bond acceptors (Lipinski definition) is 2. The minimum absolute atomic E-state index is 0.00894. The largest absolute Gasteiger partial charge is 0.352 e. The number of nitrogens with zero attached hydrogens (tertiary/aromatic N) is 1. The standard InChI is InChI=1S/C27H34N2O/c1-2-3-4-5-6-7-8-9-15-20-28-27(30)24-21-26(22-16-11-10-12-17-22)29-25-19-14-13-18-23(24)25/h10-14,16-19,21H,2-9,15,20H2,1H3,(H,28,30). The predicted molar refractivity (Wildman–Crippen MR) is 127 cm³/mol. The number of fused-ring (bicyclic) bond motifs is 1. The van der Waals surface area contributed by atoms with Crippen LogP contribution in [0.15, 0.2) is 60.7 Å². The summed E-state index contributed by atoms with van der Waals surface area (Å²) in [5.41, 5.74) is 3.42. The molecule has 1 aromatic heterocycles. The van der Waals surface area contributed by atoms with Crippen LogP contribution in [0.2, 0.25) is 0 Å². The number of aromatic nitrogens is 1. The minimum Gasteiger partial charge on any atom is -0.352 e. The van der Waals surface area contributed by atoms with Crippen molar-refractivity contribution in [2.24, 2.45) is 0 Å². The molecule has 1 N–H and O–H groups in total. The molecule has 0 fully saturated rings. The van der Waals surface area contributed by atoms with Gasteiger partial charge in [0.15, 0.2) is 0 Å². The molecule has 0 bridgehead atoms. The summed E-state index contributed by atoms with van der Waals surface area (Å²) < 4.78 is 0. The zero-order chi connectivity index (χ0) is 21.0. The van der Waals surface area contributed by atoms with E-state index in [9.17, 15) is 4.79 Å². The molecule has 3 rings (SSSR count). The van der Waals surface area contributed by atoms with Crippen LogP contribution < -0.4 is 5.32 Å². The van der Waals surface area contributed by atoms with Gasteiger partial charge < -0.3 is 5.32 Å². The van der Waals surface area contributed by atoms with Crippen LogP contribution in [-0.2, 0) is 0 Å². The van der Waals surface area contributed by atoms with Gasteiger partial charge in [-0.15, -0.1) is 0 Å². The summed E-state index contributed by atoms with van der Waals surface area (Å²) in [6, 6.07) is 19.8. The SMILES string of the molecule is CCCCCCCCCCCNC(=O)c1cc(-c2ccccc2)nc2ccccc12. The number of carbonyl (C=O) groups is 1. The van der Waals surface area contributed by atoms with Crippen LogP contribution in [-0.4, -0.2) is 17.4 Å². The van der Waals surface area contributed by atoms with E-state index in [2.05, 4.69) is 12.2 Å².